The van der Waals surface area contributed by atoms with Crippen molar-refractivity contribution in [3.8, 4) is 0 Å². The molecule has 2 heterocycles. The van der Waals surface area contributed by atoms with Gasteiger partial charge in [-0.2, -0.15) is 0 Å². The molecular weight excluding hydrogens is 240 g/mol. The van der Waals surface area contributed by atoms with Crippen LogP contribution in [0.1, 0.15) is 34.1 Å². The molecule has 0 saturated carbocycles. The predicted octanol–water partition coefficient (Wildman–Crippen LogP) is 0.567. The van der Waals surface area contributed by atoms with Gasteiger partial charge in [-0.3, -0.25) is 4.79 Å². The monoisotopic (exact) mass is 260 g/mol. The number of hydrogen-bond acceptors (Lipinski definition) is 6. The van der Waals surface area contributed by atoms with E-state index >= 15 is 0 Å². The van der Waals surface area contributed by atoms with Crippen LogP contribution in [-0.2, 0) is 23.7 Å². The smallest absolute Gasteiger partial charge is 0.195 e. The molecule has 6 nitrogen and oxygen atoms in total. The highest BCUT2D eigenvalue weighted by Gasteiger charge is 2.54. The number of ketones is 1. The second kappa shape index (κ2) is 4.54. The maximum absolute atomic E-state index is 12.0. The second-order valence-electron chi connectivity index (χ2n) is 5.54. The molecule has 0 aromatic heterocycles. The number of aliphatic hydroxyl groups is 1. The van der Waals surface area contributed by atoms with E-state index in [1.54, 1.807) is 13.8 Å². The molecule has 3 atom stereocenters. The molecule has 0 amide bonds. The van der Waals surface area contributed by atoms with E-state index in [9.17, 15) is 9.90 Å². The van der Waals surface area contributed by atoms with E-state index < -0.39 is 30.1 Å². The molecule has 2 saturated heterocycles. The number of ether oxygens (including phenoxy) is 4. The quantitative estimate of drug-likeness (QED) is 0.745. The van der Waals surface area contributed by atoms with Gasteiger partial charge in [0.05, 0.1) is 6.61 Å². The summed E-state index contributed by atoms with van der Waals surface area (Å²) >= 11 is 0. The zero-order valence-corrected chi connectivity index (χ0v) is 11.1. The van der Waals surface area contributed by atoms with E-state index in [4.69, 9.17) is 18.9 Å². The lowest BCUT2D eigenvalue weighted by molar-refractivity contribution is -0.211. The van der Waals surface area contributed by atoms with Crippen molar-refractivity contribution in [2.75, 3.05) is 6.61 Å². The Morgan fingerprint density at radius 1 is 1.39 bits per heavy atom. The Bertz CT molecular complexity index is 332. The summed E-state index contributed by atoms with van der Waals surface area (Å²) in [7, 11) is 0. The number of hydrogen-bond donors (Lipinski definition) is 1. The number of carbonyl (C=O) groups excluding carboxylic acids is 1. The fourth-order valence-electron chi connectivity index (χ4n) is 2.06. The highest BCUT2D eigenvalue weighted by atomic mass is 16.8. The molecule has 3 unspecified atom stereocenters. The Balaban J connectivity index is 1.83. The molecule has 0 radical (unpaired) electrons. The van der Waals surface area contributed by atoms with Gasteiger partial charge in [0.15, 0.2) is 29.8 Å². The number of rotatable bonds is 4. The fraction of sp³-hybridized carbons (Fsp3) is 0.917. The molecule has 104 valence electrons. The largest absolute Gasteiger partial charge is 0.366 e. The highest BCUT2D eigenvalue weighted by Crippen LogP contribution is 2.35. The van der Waals surface area contributed by atoms with Gasteiger partial charge in [0.25, 0.3) is 0 Å². The normalized spacial score (nSPS) is 34.9. The van der Waals surface area contributed by atoms with Crippen LogP contribution in [0, 0.1) is 0 Å². The molecule has 18 heavy (non-hydrogen) atoms. The van der Waals surface area contributed by atoms with Crippen LogP contribution in [0.25, 0.3) is 0 Å². The van der Waals surface area contributed by atoms with E-state index in [0.717, 1.165) is 0 Å². The molecule has 2 rings (SSSR count). The van der Waals surface area contributed by atoms with Crippen molar-refractivity contribution in [1.82, 2.24) is 0 Å². The Morgan fingerprint density at radius 3 is 2.61 bits per heavy atom. The molecule has 0 spiro atoms. The summed E-state index contributed by atoms with van der Waals surface area (Å²) in [5.74, 6) is -2.10. The van der Waals surface area contributed by atoms with Gasteiger partial charge in [-0.25, -0.2) is 0 Å². The summed E-state index contributed by atoms with van der Waals surface area (Å²) in [5.41, 5.74) is 0. The van der Waals surface area contributed by atoms with E-state index in [1.165, 1.54) is 13.8 Å². The zero-order chi connectivity index (χ0) is 13.6. The summed E-state index contributed by atoms with van der Waals surface area (Å²) in [4.78, 5) is 12.0. The van der Waals surface area contributed by atoms with Gasteiger partial charge in [0.2, 0.25) is 0 Å². The van der Waals surface area contributed by atoms with E-state index in [-0.39, 0.29) is 12.4 Å². The SMILES string of the molecule is CC(C)(O)OCCC1OC2OC(C)(C)OC2C1=O. The standard InChI is InChI=1S/C12H20O6/c1-11(2,14)15-6-5-7-8(13)9-10(16-7)18-12(3,4)17-9/h7,9-10,14H,5-6H2,1-4H3. The molecule has 0 aromatic carbocycles. The van der Waals surface area contributed by atoms with Crippen LogP contribution in [0.3, 0.4) is 0 Å². The Hall–Kier alpha value is -0.530. The first kappa shape index (κ1) is 13.9. The van der Waals surface area contributed by atoms with E-state index in [0.29, 0.717) is 6.42 Å². The molecule has 1 N–H and O–H groups in total. The van der Waals surface area contributed by atoms with Crippen molar-refractivity contribution in [2.24, 2.45) is 0 Å². The minimum absolute atomic E-state index is 0.120. The minimum Gasteiger partial charge on any atom is -0.366 e. The lowest BCUT2D eigenvalue weighted by atomic mass is 10.1. The van der Waals surface area contributed by atoms with Gasteiger partial charge in [-0.1, -0.05) is 0 Å². The van der Waals surface area contributed by atoms with E-state index in [1.807, 2.05) is 0 Å². The predicted molar refractivity (Wildman–Crippen MR) is 60.6 cm³/mol. The molecule has 2 fully saturated rings. The summed E-state index contributed by atoms with van der Waals surface area (Å²) in [6.45, 7) is 6.80. The van der Waals surface area contributed by atoms with Crippen LogP contribution in [0.5, 0.6) is 0 Å². The lowest BCUT2D eigenvalue weighted by Gasteiger charge is -2.21. The molecule has 2 aliphatic heterocycles. The molecule has 0 bridgehead atoms. The Morgan fingerprint density at radius 2 is 2.06 bits per heavy atom. The van der Waals surface area contributed by atoms with Crippen molar-refractivity contribution < 1.29 is 28.8 Å². The van der Waals surface area contributed by atoms with Crippen LogP contribution < -0.4 is 0 Å². The third kappa shape index (κ3) is 3.07. The fourth-order valence-corrected chi connectivity index (χ4v) is 2.06. The van der Waals surface area contributed by atoms with Gasteiger partial charge < -0.3 is 24.1 Å². The molecule has 0 aromatic rings. The summed E-state index contributed by atoms with van der Waals surface area (Å²) < 4.78 is 21.6. The van der Waals surface area contributed by atoms with Crippen LogP contribution in [0.15, 0.2) is 0 Å². The first-order valence-corrected chi connectivity index (χ1v) is 6.09. The Labute approximate surface area is 106 Å². The maximum Gasteiger partial charge on any atom is 0.195 e. The molecular formula is C12H20O6. The number of fused-ring (bicyclic) bond motifs is 1. The van der Waals surface area contributed by atoms with Gasteiger partial charge in [0, 0.05) is 6.42 Å². The Kier molecular flexibility index (Phi) is 3.50. The minimum atomic E-state index is -1.20. The highest BCUT2D eigenvalue weighted by molar-refractivity contribution is 5.89. The van der Waals surface area contributed by atoms with Gasteiger partial charge in [-0.05, 0) is 27.7 Å². The van der Waals surface area contributed by atoms with Crippen molar-refractivity contribution in [1.29, 1.82) is 0 Å². The maximum atomic E-state index is 12.0. The van der Waals surface area contributed by atoms with E-state index in [2.05, 4.69) is 0 Å². The topological polar surface area (TPSA) is 74.2 Å². The van der Waals surface area contributed by atoms with Crippen LogP contribution in [0.4, 0.5) is 0 Å². The molecule has 0 aliphatic carbocycles. The third-order valence-corrected chi connectivity index (χ3v) is 2.79. The van der Waals surface area contributed by atoms with Crippen molar-refractivity contribution in [3.63, 3.8) is 0 Å². The van der Waals surface area contributed by atoms with Crippen molar-refractivity contribution in [3.05, 3.63) is 0 Å². The first-order chi connectivity index (χ1) is 8.18. The van der Waals surface area contributed by atoms with Crippen LogP contribution in [-0.4, -0.2) is 47.6 Å². The van der Waals surface area contributed by atoms with Gasteiger partial charge >= 0.3 is 0 Å². The first-order valence-electron chi connectivity index (χ1n) is 6.09. The van der Waals surface area contributed by atoms with Crippen molar-refractivity contribution in [2.45, 2.75) is 64.2 Å². The molecule has 6 heteroatoms. The molecule has 2 aliphatic rings. The van der Waals surface area contributed by atoms with Crippen LogP contribution >= 0.6 is 0 Å². The average Bonchev–Trinajstić information content (AvgIpc) is 2.61. The van der Waals surface area contributed by atoms with Crippen molar-refractivity contribution >= 4 is 5.78 Å². The van der Waals surface area contributed by atoms with Gasteiger partial charge in [-0.15, -0.1) is 0 Å². The summed E-state index contributed by atoms with van der Waals surface area (Å²) in [6, 6.07) is 0. The third-order valence-electron chi connectivity index (χ3n) is 2.79. The zero-order valence-electron chi connectivity index (χ0n) is 11.1. The van der Waals surface area contributed by atoms with Gasteiger partial charge in [0.1, 0.15) is 6.10 Å². The number of carbonyl (C=O) groups is 1. The lowest BCUT2D eigenvalue weighted by Crippen LogP contribution is -2.32. The summed E-state index contributed by atoms with van der Waals surface area (Å²) in [5, 5.41) is 9.39. The second-order valence-corrected chi connectivity index (χ2v) is 5.54. The average molecular weight is 260 g/mol. The summed E-state index contributed by atoms with van der Waals surface area (Å²) in [6.07, 6.45) is -1.48. The number of Topliss-reactive ketones (excluding diaryl/α,β-unsaturated/α-hetero) is 1. The van der Waals surface area contributed by atoms with Crippen LogP contribution in [0.2, 0.25) is 0 Å².